The van der Waals surface area contributed by atoms with Gasteiger partial charge in [-0.15, -0.1) is 0 Å². The van der Waals surface area contributed by atoms with Gasteiger partial charge in [-0.2, -0.15) is 10.2 Å². The molecule has 10 aromatic rings. The summed E-state index contributed by atoms with van der Waals surface area (Å²) in [5.41, 5.74) is 23.9. The molecule has 4 aliphatic rings. The maximum Gasteiger partial charge on any atom is 0.158 e. The molecule has 0 amide bonds. The molecular formula is C77H96BrN17O5. The standard InChI is InChI=1S/C28H34N6O2.C21H27N5O.C15H14BrN3O.C13H21N3O/c1-21-27-17-25(18-29-28(27)34(31-21)20-22-6-8-26(36-2)9-7-22)30-24-5-3-4-23(16-24)19-33-12-10-32(11-13-33)14-15-35;1-16-20-12-19(13-23-21(20)14-22-16)24-18-4-2-3-17(11-18)15-26-7-5-25(6-8-26)9-10-27;1-10-14-7-12(16)8-17-15(14)19(18-10)9-11-3-5-13(20-2)6-4-11;14-13-3-1-2-12(10-13)11-16-6-4-15(5-7-16)8-9-17/h3-9,16-18,30,35H,10-15,19-20H2,1-2H3;2-4,11-13,24,27H,5-10,14-15H2,1H3;3-8H,9H2,1-2H3;1-3,10,17H,4-9,11,14H2. The average Bonchev–Trinajstić information content (AvgIpc) is 1.65. The Hall–Kier alpha value is -8.72. The lowest BCUT2D eigenvalue weighted by atomic mass is 10.1. The van der Waals surface area contributed by atoms with Gasteiger partial charge in [0.2, 0.25) is 0 Å². The largest absolute Gasteiger partial charge is 0.497 e. The number of aryl methyl sites for hydroxylation is 2. The Kier molecular flexibility index (Phi) is 26.1. The number of aliphatic imine (C=N–C) groups is 1. The van der Waals surface area contributed by atoms with Gasteiger partial charge in [0.05, 0.1) is 94.5 Å². The Morgan fingerprint density at radius 1 is 0.440 bits per heavy atom. The first-order valence-corrected chi connectivity index (χ1v) is 35.4. The Morgan fingerprint density at radius 3 is 1.30 bits per heavy atom. The van der Waals surface area contributed by atoms with Crippen LogP contribution in [0, 0.1) is 13.8 Å². The highest BCUT2D eigenvalue weighted by molar-refractivity contribution is 9.10. The fraction of sp³-hybridized carbons (Fsp3) is 0.377. The van der Waals surface area contributed by atoms with Crippen LogP contribution in [0.25, 0.3) is 22.1 Å². The number of ether oxygens (including phenoxy) is 2. The minimum Gasteiger partial charge on any atom is -0.497 e. The first-order chi connectivity index (χ1) is 48.8. The molecule has 0 saturated carbocycles. The first-order valence-electron chi connectivity index (χ1n) is 34.6. The third-order valence-corrected chi connectivity index (χ3v) is 19.0. The molecule has 0 unspecified atom stereocenters. The Labute approximate surface area is 595 Å². The minimum atomic E-state index is 0.233. The number of β-amino-alcohol motifs (C(OH)–C–C–N with tert-alkyl or cyclic N) is 3. The number of nitrogen functional groups attached to an aromatic ring is 1. The minimum absolute atomic E-state index is 0.233. The lowest BCUT2D eigenvalue weighted by Gasteiger charge is -2.34. The van der Waals surface area contributed by atoms with Crippen molar-refractivity contribution >= 4 is 72.1 Å². The van der Waals surface area contributed by atoms with Crippen LogP contribution in [0.1, 0.15) is 57.4 Å². The molecular weight excluding hydrogens is 1320 g/mol. The number of aromatic nitrogens is 7. The zero-order chi connectivity index (χ0) is 69.7. The summed E-state index contributed by atoms with van der Waals surface area (Å²) in [5, 5.41) is 45.5. The molecule has 22 nitrogen and oxygen atoms in total. The van der Waals surface area contributed by atoms with E-state index in [0.717, 1.165) is 218 Å². The van der Waals surface area contributed by atoms with Crippen molar-refractivity contribution in [1.29, 1.82) is 0 Å². The summed E-state index contributed by atoms with van der Waals surface area (Å²) in [7, 11) is 3.34. The average molecular weight is 1420 g/mol. The zero-order valence-corrected chi connectivity index (χ0v) is 59.9. The second-order valence-electron chi connectivity index (χ2n) is 25.8. The van der Waals surface area contributed by atoms with Gasteiger partial charge >= 0.3 is 0 Å². The Balaban J connectivity index is 0.000000140. The molecule has 0 atom stereocenters. The van der Waals surface area contributed by atoms with Gasteiger partial charge in [-0.05, 0) is 143 Å². The van der Waals surface area contributed by atoms with Gasteiger partial charge in [-0.1, -0.05) is 60.7 Å². The van der Waals surface area contributed by atoms with Gasteiger partial charge in [0.15, 0.2) is 11.3 Å². The van der Waals surface area contributed by atoms with Gasteiger partial charge in [0.25, 0.3) is 0 Å². The molecule has 3 fully saturated rings. The number of benzene rings is 5. The normalized spacial score (nSPS) is 15.4. The number of pyridine rings is 3. The van der Waals surface area contributed by atoms with Crippen LogP contribution in [0.2, 0.25) is 0 Å². The van der Waals surface area contributed by atoms with Crippen molar-refractivity contribution in [2.45, 2.75) is 60.0 Å². The van der Waals surface area contributed by atoms with E-state index in [0.29, 0.717) is 19.6 Å². The summed E-state index contributed by atoms with van der Waals surface area (Å²) < 4.78 is 15.3. The quantitative estimate of drug-likeness (QED) is 0.0346. The van der Waals surface area contributed by atoms with E-state index in [1.54, 1.807) is 20.4 Å². The van der Waals surface area contributed by atoms with Crippen LogP contribution in [0.15, 0.2) is 168 Å². The number of nitrogens with two attached hydrogens (primary N) is 1. The summed E-state index contributed by atoms with van der Waals surface area (Å²) in [6.45, 7) is 26.5. The maximum absolute atomic E-state index is 9.15. The number of anilines is 5. The van der Waals surface area contributed by atoms with E-state index < -0.39 is 0 Å². The number of nitrogens with zero attached hydrogens (tertiary/aromatic N) is 14. The van der Waals surface area contributed by atoms with Crippen molar-refractivity contribution in [3.8, 4) is 11.5 Å². The fourth-order valence-electron chi connectivity index (χ4n) is 13.0. The summed E-state index contributed by atoms with van der Waals surface area (Å²) in [6, 6.07) is 47.6. The second-order valence-corrected chi connectivity index (χ2v) is 26.8. The van der Waals surface area contributed by atoms with Crippen LogP contribution in [0.3, 0.4) is 0 Å². The molecule has 23 heteroatoms. The third kappa shape index (κ3) is 20.5. The highest BCUT2D eigenvalue weighted by Crippen LogP contribution is 2.28. The van der Waals surface area contributed by atoms with Crippen molar-refractivity contribution < 1.29 is 24.8 Å². The van der Waals surface area contributed by atoms with Crippen molar-refractivity contribution in [2.24, 2.45) is 4.99 Å². The first kappa shape index (κ1) is 72.5. The van der Waals surface area contributed by atoms with Crippen LogP contribution in [-0.4, -0.2) is 217 Å². The molecule has 7 N–H and O–H groups in total. The Bertz CT molecular complexity index is 4260. The highest BCUT2D eigenvalue weighted by Gasteiger charge is 2.21. The topological polar surface area (TPSA) is 235 Å². The molecule has 0 radical (unpaired) electrons. The maximum atomic E-state index is 9.15. The summed E-state index contributed by atoms with van der Waals surface area (Å²) >= 11 is 3.45. The molecule has 0 spiro atoms. The summed E-state index contributed by atoms with van der Waals surface area (Å²) in [6.07, 6.45) is 5.56. The molecule has 5 aromatic carbocycles. The number of fused-ring (bicyclic) bond motifs is 3. The number of rotatable bonds is 22. The fourth-order valence-corrected chi connectivity index (χ4v) is 13.3. The smallest absolute Gasteiger partial charge is 0.158 e. The number of hydrogen-bond donors (Lipinski definition) is 6. The molecule has 100 heavy (non-hydrogen) atoms. The van der Waals surface area contributed by atoms with Gasteiger partial charge in [-0.25, -0.2) is 19.3 Å². The number of hydrogen-bond acceptors (Lipinski definition) is 20. The molecule has 0 bridgehead atoms. The summed E-state index contributed by atoms with van der Waals surface area (Å²) in [4.78, 5) is 32.5. The van der Waals surface area contributed by atoms with Gasteiger partial charge in [0, 0.05) is 168 Å². The number of piperazine rings is 3. The predicted molar refractivity (Wildman–Crippen MR) is 403 cm³/mol. The van der Waals surface area contributed by atoms with Crippen molar-refractivity contribution in [2.75, 3.05) is 149 Å². The molecule has 3 saturated heterocycles. The third-order valence-electron chi connectivity index (χ3n) is 18.6. The van der Waals surface area contributed by atoms with Crippen molar-refractivity contribution in [1.82, 2.24) is 63.9 Å². The van der Waals surface area contributed by atoms with Crippen LogP contribution in [-0.2, 0) is 39.3 Å². The molecule has 526 valence electrons. The van der Waals surface area contributed by atoms with E-state index in [1.165, 1.54) is 22.3 Å². The van der Waals surface area contributed by atoms with Gasteiger partial charge < -0.3 is 41.2 Å². The molecule has 4 aliphatic heterocycles. The predicted octanol–water partition coefficient (Wildman–Crippen LogP) is 9.85. The number of aliphatic hydroxyl groups excluding tert-OH is 3. The number of halogens is 1. The number of aliphatic hydroxyl groups is 3. The second kappa shape index (κ2) is 36.1. The van der Waals surface area contributed by atoms with E-state index in [9.17, 15) is 0 Å². The van der Waals surface area contributed by atoms with E-state index in [-0.39, 0.29) is 19.8 Å². The van der Waals surface area contributed by atoms with E-state index >= 15 is 0 Å². The van der Waals surface area contributed by atoms with E-state index in [2.05, 4.69) is 161 Å². The van der Waals surface area contributed by atoms with E-state index in [1.807, 2.05) is 97.1 Å². The number of methoxy groups -OCH3 is 2. The number of nitrogens with one attached hydrogen (secondary N) is 2. The Morgan fingerprint density at radius 2 is 0.850 bits per heavy atom. The molecule has 14 rings (SSSR count). The SMILES string of the molecule is CC1=NCc2ncc(Nc3cccc(CN4CCN(CCO)CC4)c3)cc21.COc1ccc(Cn2nc(C)c3cc(Br)cnc32)cc1.COc1ccc(Cn2nc(C)c3cc(Nc4cccc(CN5CCN(CCO)CC5)c4)cnc32)cc1.Nc1cccc(CN2CCN(CCO)CC2)c1. The van der Waals surface area contributed by atoms with Gasteiger partial charge in [-0.3, -0.25) is 39.4 Å². The van der Waals surface area contributed by atoms with Crippen LogP contribution in [0.5, 0.6) is 11.5 Å². The molecule has 5 aromatic heterocycles. The lowest BCUT2D eigenvalue weighted by Crippen LogP contribution is -2.46. The van der Waals surface area contributed by atoms with Crippen LogP contribution >= 0.6 is 15.9 Å². The monoisotopic (exact) mass is 1420 g/mol. The van der Waals surface area contributed by atoms with E-state index in [4.69, 9.17) is 40.6 Å². The lowest BCUT2D eigenvalue weighted by molar-refractivity contribution is 0.108. The molecule has 0 aliphatic carbocycles. The van der Waals surface area contributed by atoms with Crippen LogP contribution in [0.4, 0.5) is 28.4 Å². The van der Waals surface area contributed by atoms with Crippen molar-refractivity contribution in [3.05, 3.63) is 213 Å². The highest BCUT2D eigenvalue weighted by atomic mass is 79.9. The molecule has 9 heterocycles. The van der Waals surface area contributed by atoms with Crippen molar-refractivity contribution in [3.63, 3.8) is 0 Å². The van der Waals surface area contributed by atoms with Crippen LogP contribution < -0.4 is 25.8 Å². The zero-order valence-electron chi connectivity index (χ0n) is 58.4. The summed E-state index contributed by atoms with van der Waals surface area (Å²) in [5.74, 6) is 1.70. The van der Waals surface area contributed by atoms with Gasteiger partial charge in [0.1, 0.15) is 11.5 Å².